The molecule has 38 heavy (non-hydrogen) atoms. The molecule has 2 N–H and O–H groups in total. The lowest BCUT2D eigenvalue weighted by atomic mass is 9.84. The number of carbonyl (C=O) groups is 1. The van der Waals surface area contributed by atoms with Gasteiger partial charge in [-0.15, -0.1) is 0 Å². The van der Waals surface area contributed by atoms with Crippen LogP contribution in [0.15, 0.2) is 39.9 Å². The van der Waals surface area contributed by atoms with Gasteiger partial charge in [-0.2, -0.15) is 0 Å². The Bertz CT molecular complexity index is 1400. The van der Waals surface area contributed by atoms with Crippen molar-refractivity contribution in [2.24, 2.45) is 15.1 Å². The number of hydrogen-bond donors (Lipinski definition) is 1. The maximum absolute atomic E-state index is 15.2. The van der Waals surface area contributed by atoms with Crippen LogP contribution in [0.25, 0.3) is 0 Å². The molecule has 0 bridgehead atoms. The van der Waals surface area contributed by atoms with E-state index in [0.717, 1.165) is 12.4 Å². The SMILES string of the molecule is CC1(C)C(N)=N[C@](C)(c2cc(CC(=O)c3cnc(CCC(F)(F)C(F)F)cn3)ccc2F)[C@@H]2CCN=[S@@]21=O. The summed E-state index contributed by atoms with van der Waals surface area (Å²) in [6, 6.07) is 4.14. The summed E-state index contributed by atoms with van der Waals surface area (Å²) in [6.07, 6.45) is -2.87. The molecule has 3 atom stereocenters. The lowest BCUT2D eigenvalue weighted by molar-refractivity contribution is -0.132. The van der Waals surface area contributed by atoms with E-state index in [1.54, 1.807) is 20.8 Å². The number of amidine groups is 1. The van der Waals surface area contributed by atoms with Gasteiger partial charge in [-0.1, -0.05) is 6.07 Å². The number of benzene rings is 1. The van der Waals surface area contributed by atoms with E-state index in [0.29, 0.717) is 18.5 Å². The molecule has 206 valence electrons. The summed E-state index contributed by atoms with van der Waals surface area (Å²) in [5.74, 6) is -5.08. The first-order valence-corrected chi connectivity index (χ1v) is 13.6. The predicted octanol–water partition coefficient (Wildman–Crippen LogP) is 4.48. The zero-order chi connectivity index (χ0) is 28.1. The summed E-state index contributed by atoms with van der Waals surface area (Å²) >= 11 is 0. The summed E-state index contributed by atoms with van der Waals surface area (Å²) in [5.41, 5.74) is 5.53. The Morgan fingerprint density at radius 3 is 2.55 bits per heavy atom. The number of aromatic nitrogens is 2. The van der Waals surface area contributed by atoms with E-state index >= 15 is 4.39 Å². The quantitative estimate of drug-likeness (QED) is 0.380. The molecule has 2 aromatic rings. The van der Waals surface area contributed by atoms with E-state index < -0.39 is 62.1 Å². The number of ketones is 1. The summed E-state index contributed by atoms with van der Waals surface area (Å²) < 4.78 is 83.5. The molecule has 0 amide bonds. The largest absolute Gasteiger partial charge is 0.386 e. The number of aryl methyl sites for hydroxylation is 1. The average Bonchev–Trinajstić information content (AvgIpc) is 3.28. The summed E-state index contributed by atoms with van der Waals surface area (Å²) in [5, 5.41) is -0.575. The fourth-order valence-corrected chi connectivity index (χ4v) is 8.05. The molecule has 2 aliphatic rings. The average molecular weight is 558 g/mol. The van der Waals surface area contributed by atoms with Crippen molar-refractivity contribution in [3.8, 4) is 0 Å². The van der Waals surface area contributed by atoms with Gasteiger partial charge < -0.3 is 5.73 Å². The molecule has 4 rings (SSSR count). The Kier molecular flexibility index (Phi) is 7.13. The van der Waals surface area contributed by atoms with Crippen molar-refractivity contribution in [1.82, 2.24) is 9.97 Å². The lowest BCUT2D eigenvalue weighted by Gasteiger charge is -2.44. The van der Waals surface area contributed by atoms with Crippen molar-refractivity contribution in [2.45, 2.75) is 74.3 Å². The van der Waals surface area contributed by atoms with Crippen molar-refractivity contribution in [2.75, 3.05) is 6.54 Å². The standard InChI is InChI=1S/C25H28F5N5O2S/c1-23(2)22(31)35-24(3,20-7-9-34-38(20,23)37)16-10-14(4-5-17(16)26)11-19(36)18-13-32-15(12-33-18)6-8-25(29,30)21(27)28/h4-5,10,12-13,20-21H,6-9,11H2,1-3H3,(H2,31,35)/t20-,24+,38+/m0/s1. The molecular formula is C25H28F5N5O2S. The third kappa shape index (κ3) is 4.69. The molecule has 0 spiro atoms. The third-order valence-corrected chi connectivity index (χ3v) is 11.1. The van der Waals surface area contributed by atoms with Gasteiger partial charge in [0.1, 0.15) is 27.6 Å². The van der Waals surface area contributed by atoms with Crippen LogP contribution in [-0.4, -0.2) is 54.7 Å². The van der Waals surface area contributed by atoms with Crippen molar-refractivity contribution < 1.29 is 31.0 Å². The van der Waals surface area contributed by atoms with E-state index in [1.165, 1.54) is 18.2 Å². The van der Waals surface area contributed by atoms with Crippen LogP contribution in [-0.2, 0) is 28.1 Å². The second-order valence-corrected chi connectivity index (χ2v) is 13.2. The predicted molar refractivity (Wildman–Crippen MR) is 133 cm³/mol. The van der Waals surface area contributed by atoms with Crippen LogP contribution in [0.2, 0.25) is 0 Å². The number of hydrogen-bond acceptors (Lipinski definition) is 7. The molecule has 2 aliphatic heterocycles. The highest BCUT2D eigenvalue weighted by Gasteiger charge is 2.56. The number of alkyl halides is 4. The maximum atomic E-state index is 15.2. The van der Waals surface area contributed by atoms with Crippen LogP contribution < -0.4 is 5.73 Å². The Hall–Kier alpha value is -2.96. The van der Waals surface area contributed by atoms with E-state index in [-0.39, 0.29) is 29.2 Å². The number of fused-ring (bicyclic) bond motifs is 1. The topological polar surface area (TPSA) is 111 Å². The number of nitrogens with two attached hydrogens (primary N) is 1. The smallest absolute Gasteiger partial charge is 0.307 e. The number of rotatable bonds is 8. The second-order valence-electron chi connectivity index (χ2n) is 10.2. The van der Waals surface area contributed by atoms with Crippen LogP contribution in [0.5, 0.6) is 0 Å². The molecule has 13 heteroatoms. The Balaban J connectivity index is 1.57. The number of carbonyl (C=O) groups excluding carboxylic acids is 1. The zero-order valence-corrected chi connectivity index (χ0v) is 21.9. The van der Waals surface area contributed by atoms with E-state index in [9.17, 15) is 26.6 Å². The second kappa shape index (κ2) is 9.65. The van der Waals surface area contributed by atoms with Gasteiger partial charge >= 0.3 is 12.3 Å². The fourth-order valence-electron chi connectivity index (χ4n) is 4.88. The third-order valence-electron chi connectivity index (χ3n) is 7.35. The highest BCUT2D eigenvalue weighted by molar-refractivity contribution is 7.96. The van der Waals surface area contributed by atoms with Crippen LogP contribution in [0, 0.1) is 5.82 Å². The minimum absolute atomic E-state index is 0.0418. The van der Waals surface area contributed by atoms with Gasteiger partial charge in [0.15, 0.2) is 5.78 Å². The number of aliphatic imine (C=N–C) groups is 1. The van der Waals surface area contributed by atoms with Crippen LogP contribution in [0.3, 0.4) is 0 Å². The van der Waals surface area contributed by atoms with Gasteiger partial charge in [0.2, 0.25) is 0 Å². The number of halogens is 5. The van der Waals surface area contributed by atoms with Crippen molar-refractivity contribution in [1.29, 1.82) is 0 Å². The molecule has 0 aliphatic carbocycles. The Morgan fingerprint density at radius 1 is 1.21 bits per heavy atom. The van der Waals surface area contributed by atoms with Gasteiger partial charge in [-0.25, -0.2) is 35.5 Å². The molecule has 7 nitrogen and oxygen atoms in total. The maximum Gasteiger partial charge on any atom is 0.307 e. The first-order valence-electron chi connectivity index (χ1n) is 12.0. The van der Waals surface area contributed by atoms with Gasteiger partial charge in [0.05, 0.1) is 26.9 Å². The zero-order valence-electron chi connectivity index (χ0n) is 21.1. The normalized spacial score (nSPS) is 26.6. The van der Waals surface area contributed by atoms with Gasteiger partial charge in [-0.05, 0) is 51.3 Å². The van der Waals surface area contributed by atoms with Crippen molar-refractivity contribution in [3.63, 3.8) is 0 Å². The number of Topliss-reactive ketones (excluding diaryl/α,β-unsaturated/α-hetero) is 1. The summed E-state index contributed by atoms with van der Waals surface area (Å²) in [4.78, 5) is 25.3. The molecule has 3 heterocycles. The van der Waals surface area contributed by atoms with E-state index in [1.807, 2.05) is 0 Å². The first kappa shape index (κ1) is 28.1. The molecule has 1 aromatic heterocycles. The van der Waals surface area contributed by atoms with Gasteiger partial charge in [0.25, 0.3) is 0 Å². The molecule has 0 saturated heterocycles. The van der Waals surface area contributed by atoms with E-state index in [4.69, 9.17) is 5.73 Å². The lowest BCUT2D eigenvalue weighted by Crippen LogP contribution is -2.58. The molecule has 0 unspecified atom stereocenters. The molecule has 0 fully saturated rings. The number of nitrogens with zero attached hydrogens (tertiary/aromatic N) is 4. The van der Waals surface area contributed by atoms with Crippen LogP contribution >= 0.6 is 0 Å². The molecular weight excluding hydrogens is 529 g/mol. The van der Waals surface area contributed by atoms with Crippen molar-refractivity contribution in [3.05, 3.63) is 58.9 Å². The van der Waals surface area contributed by atoms with Gasteiger partial charge in [0, 0.05) is 31.1 Å². The summed E-state index contributed by atoms with van der Waals surface area (Å²) in [7, 11) is -2.87. The minimum atomic E-state index is -4.14. The summed E-state index contributed by atoms with van der Waals surface area (Å²) in [6.45, 7) is 5.46. The van der Waals surface area contributed by atoms with Crippen LogP contribution in [0.4, 0.5) is 22.0 Å². The monoisotopic (exact) mass is 557 g/mol. The molecule has 0 saturated carbocycles. The molecule has 1 aromatic carbocycles. The van der Waals surface area contributed by atoms with E-state index in [2.05, 4.69) is 19.3 Å². The first-order chi connectivity index (χ1) is 17.6. The fraction of sp³-hybridized carbons (Fsp3) is 0.520. The Morgan fingerprint density at radius 2 is 1.92 bits per heavy atom. The highest BCUT2D eigenvalue weighted by atomic mass is 32.2. The minimum Gasteiger partial charge on any atom is -0.386 e. The van der Waals surface area contributed by atoms with Crippen LogP contribution in [0.1, 0.15) is 60.9 Å². The van der Waals surface area contributed by atoms with Gasteiger partial charge in [-0.3, -0.25) is 14.8 Å². The highest BCUT2D eigenvalue weighted by Crippen LogP contribution is 2.47. The van der Waals surface area contributed by atoms with Crippen molar-refractivity contribution >= 4 is 21.3 Å². The Labute approximate surface area is 217 Å². The molecule has 0 radical (unpaired) electrons.